The summed E-state index contributed by atoms with van der Waals surface area (Å²) in [6.45, 7) is 2.43. The molecule has 1 aromatic carbocycles. The zero-order valence-corrected chi connectivity index (χ0v) is 10.9. The van der Waals surface area contributed by atoms with Gasteiger partial charge in [-0.2, -0.15) is 0 Å². The van der Waals surface area contributed by atoms with Gasteiger partial charge in [0, 0.05) is 23.1 Å². The van der Waals surface area contributed by atoms with E-state index in [4.69, 9.17) is 0 Å². The Hall–Kier alpha value is -1.81. The summed E-state index contributed by atoms with van der Waals surface area (Å²) in [5, 5.41) is 10.4. The number of fused-ring (bicyclic) bond motifs is 1. The van der Waals surface area contributed by atoms with Crippen molar-refractivity contribution in [2.75, 3.05) is 20.6 Å². The Labute approximate surface area is 106 Å². The average molecular weight is 246 g/mol. The van der Waals surface area contributed by atoms with Crippen LogP contribution in [0.4, 0.5) is 0 Å². The minimum absolute atomic E-state index is 0.498. The maximum atomic E-state index is 11.5. The van der Waals surface area contributed by atoms with Crippen molar-refractivity contribution in [1.82, 2.24) is 9.88 Å². The van der Waals surface area contributed by atoms with Gasteiger partial charge in [0.05, 0.1) is 5.92 Å². The quantitative estimate of drug-likeness (QED) is 0.869. The van der Waals surface area contributed by atoms with Gasteiger partial charge in [-0.15, -0.1) is 0 Å². The molecule has 0 aliphatic heterocycles. The second kappa shape index (κ2) is 4.82. The van der Waals surface area contributed by atoms with Crippen molar-refractivity contribution in [3.63, 3.8) is 0 Å². The summed E-state index contributed by atoms with van der Waals surface area (Å²) < 4.78 is 0. The Balaban J connectivity index is 2.56. The summed E-state index contributed by atoms with van der Waals surface area (Å²) in [5.41, 5.74) is 2.83. The second-order valence-electron chi connectivity index (χ2n) is 4.86. The summed E-state index contributed by atoms with van der Waals surface area (Å²) in [6.07, 6.45) is 0. The standard InChI is InChI=1S/C14H18N2O2/c1-9-13(11(14(17)18)8-16(2)3)10-6-4-5-7-12(10)15-9/h4-7,11,15H,8H2,1-3H3,(H,17,18). The van der Waals surface area contributed by atoms with Crippen molar-refractivity contribution in [2.45, 2.75) is 12.8 Å². The molecule has 1 aromatic heterocycles. The number of aryl methyl sites for hydroxylation is 1. The van der Waals surface area contributed by atoms with Crippen molar-refractivity contribution in [2.24, 2.45) is 0 Å². The van der Waals surface area contributed by atoms with Crippen LogP contribution in [-0.4, -0.2) is 41.6 Å². The summed E-state index contributed by atoms with van der Waals surface area (Å²) in [4.78, 5) is 16.6. The van der Waals surface area contributed by atoms with Gasteiger partial charge in [0.25, 0.3) is 0 Å². The molecule has 0 radical (unpaired) electrons. The number of rotatable bonds is 4. The van der Waals surface area contributed by atoms with Crippen LogP contribution in [0.25, 0.3) is 10.9 Å². The van der Waals surface area contributed by atoms with E-state index in [0.717, 1.165) is 22.2 Å². The highest BCUT2D eigenvalue weighted by Gasteiger charge is 2.25. The molecular formula is C14H18N2O2. The van der Waals surface area contributed by atoms with Gasteiger partial charge in [0.15, 0.2) is 0 Å². The van der Waals surface area contributed by atoms with Gasteiger partial charge < -0.3 is 15.0 Å². The van der Waals surface area contributed by atoms with Crippen LogP contribution in [0.3, 0.4) is 0 Å². The zero-order valence-electron chi connectivity index (χ0n) is 10.9. The van der Waals surface area contributed by atoms with Gasteiger partial charge in [0.2, 0.25) is 0 Å². The number of aromatic nitrogens is 1. The summed E-state index contributed by atoms with van der Waals surface area (Å²) >= 11 is 0. The Bertz CT molecular complexity index is 572. The predicted molar refractivity (Wildman–Crippen MR) is 72.0 cm³/mol. The second-order valence-corrected chi connectivity index (χ2v) is 4.86. The summed E-state index contributed by atoms with van der Waals surface area (Å²) in [7, 11) is 3.78. The molecular weight excluding hydrogens is 228 g/mol. The van der Waals surface area contributed by atoms with E-state index < -0.39 is 11.9 Å². The number of likely N-dealkylation sites (N-methyl/N-ethyl adjacent to an activating group) is 1. The van der Waals surface area contributed by atoms with Crippen LogP contribution in [0.2, 0.25) is 0 Å². The van der Waals surface area contributed by atoms with E-state index in [2.05, 4.69) is 4.98 Å². The number of aromatic amines is 1. The number of carbonyl (C=O) groups is 1. The van der Waals surface area contributed by atoms with Gasteiger partial charge in [-0.3, -0.25) is 4.79 Å². The van der Waals surface area contributed by atoms with Crippen LogP contribution in [-0.2, 0) is 4.79 Å². The molecule has 0 aliphatic rings. The lowest BCUT2D eigenvalue weighted by molar-refractivity contribution is -0.139. The fraction of sp³-hybridized carbons (Fsp3) is 0.357. The van der Waals surface area contributed by atoms with Gasteiger partial charge >= 0.3 is 5.97 Å². The molecule has 1 atom stereocenters. The minimum atomic E-state index is -0.781. The van der Waals surface area contributed by atoms with Crippen molar-refractivity contribution in [3.05, 3.63) is 35.5 Å². The third kappa shape index (κ3) is 2.24. The molecule has 1 unspecified atom stereocenters. The van der Waals surface area contributed by atoms with Crippen molar-refractivity contribution < 1.29 is 9.90 Å². The zero-order chi connectivity index (χ0) is 13.3. The Kier molecular flexibility index (Phi) is 3.39. The highest BCUT2D eigenvalue weighted by molar-refractivity contribution is 5.90. The molecule has 2 N–H and O–H groups in total. The van der Waals surface area contributed by atoms with Crippen LogP contribution < -0.4 is 0 Å². The molecule has 0 aliphatic carbocycles. The topological polar surface area (TPSA) is 56.3 Å². The molecule has 0 amide bonds. The number of benzene rings is 1. The molecule has 2 rings (SSSR count). The van der Waals surface area contributed by atoms with Crippen LogP contribution >= 0.6 is 0 Å². The highest BCUT2D eigenvalue weighted by atomic mass is 16.4. The van der Waals surface area contributed by atoms with E-state index in [0.29, 0.717) is 6.54 Å². The molecule has 0 bridgehead atoms. The van der Waals surface area contributed by atoms with Crippen molar-refractivity contribution in [3.8, 4) is 0 Å². The number of nitrogens with one attached hydrogen (secondary N) is 1. The third-order valence-electron chi connectivity index (χ3n) is 3.14. The molecule has 0 saturated carbocycles. The highest BCUT2D eigenvalue weighted by Crippen LogP contribution is 2.29. The van der Waals surface area contributed by atoms with Crippen molar-refractivity contribution >= 4 is 16.9 Å². The lowest BCUT2D eigenvalue weighted by Crippen LogP contribution is -2.26. The average Bonchev–Trinajstić information content (AvgIpc) is 2.61. The molecule has 96 valence electrons. The van der Waals surface area contributed by atoms with E-state index in [-0.39, 0.29) is 0 Å². The number of carboxylic acids is 1. The monoisotopic (exact) mass is 246 g/mol. The first-order chi connectivity index (χ1) is 8.50. The first-order valence-corrected chi connectivity index (χ1v) is 5.95. The summed E-state index contributed by atoms with van der Waals surface area (Å²) in [5.74, 6) is -1.28. The van der Waals surface area contributed by atoms with Crippen LogP contribution in [0.5, 0.6) is 0 Å². The van der Waals surface area contributed by atoms with Gasteiger partial charge in [-0.1, -0.05) is 18.2 Å². The molecule has 4 heteroatoms. The summed E-state index contributed by atoms with van der Waals surface area (Å²) in [6, 6.07) is 7.83. The molecule has 0 spiro atoms. The number of carboxylic acid groups (broad SMARTS) is 1. The van der Waals surface area contributed by atoms with Gasteiger partial charge in [-0.05, 0) is 32.6 Å². The number of para-hydroxylation sites is 1. The van der Waals surface area contributed by atoms with E-state index in [1.807, 2.05) is 50.2 Å². The molecule has 0 fully saturated rings. The van der Waals surface area contributed by atoms with Gasteiger partial charge in [0.1, 0.15) is 0 Å². The first-order valence-electron chi connectivity index (χ1n) is 5.95. The van der Waals surface area contributed by atoms with E-state index >= 15 is 0 Å². The number of nitrogens with zero attached hydrogens (tertiary/aromatic N) is 1. The smallest absolute Gasteiger partial charge is 0.312 e. The predicted octanol–water partition coefficient (Wildman–Crippen LogP) is 2.21. The third-order valence-corrected chi connectivity index (χ3v) is 3.14. The largest absolute Gasteiger partial charge is 0.481 e. The molecule has 0 saturated heterocycles. The molecule has 2 aromatic rings. The van der Waals surface area contributed by atoms with Gasteiger partial charge in [-0.25, -0.2) is 0 Å². The minimum Gasteiger partial charge on any atom is -0.481 e. The van der Waals surface area contributed by atoms with E-state index in [1.165, 1.54) is 0 Å². The Morgan fingerprint density at radius 3 is 2.67 bits per heavy atom. The lowest BCUT2D eigenvalue weighted by atomic mass is 9.95. The molecule has 1 heterocycles. The van der Waals surface area contributed by atoms with E-state index in [1.54, 1.807) is 0 Å². The van der Waals surface area contributed by atoms with Crippen LogP contribution in [0.15, 0.2) is 24.3 Å². The normalized spacial score (nSPS) is 13.1. The molecule has 18 heavy (non-hydrogen) atoms. The van der Waals surface area contributed by atoms with Crippen LogP contribution in [0.1, 0.15) is 17.2 Å². The molecule has 4 nitrogen and oxygen atoms in total. The Morgan fingerprint density at radius 1 is 1.39 bits per heavy atom. The fourth-order valence-electron chi connectivity index (χ4n) is 2.41. The van der Waals surface area contributed by atoms with Crippen LogP contribution in [0, 0.1) is 6.92 Å². The maximum Gasteiger partial charge on any atom is 0.312 e. The number of hydrogen-bond acceptors (Lipinski definition) is 2. The first kappa shape index (κ1) is 12.6. The number of hydrogen-bond donors (Lipinski definition) is 2. The number of aliphatic carboxylic acids is 1. The van der Waals surface area contributed by atoms with E-state index in [9.17, 15) is 9.90 Å². The Morgan fingerprint density at radius 2 is 2.06 bits per heavy atom. The lowest BCUT2D eigenvalue weighted by Gasteiger charge is -2.18. The van der Waals surface area contributed by atoms with Crippen molar-refractivity contribution in [1.29, 1.82) is 0 Å². The maximum absolute atomic E-state index is 11.5. The SMILES string of the molecule is Cc1[nH]c2ccccc2c1C(CN(C)C)C(=O)O. The number of H-pyrrole nitrogens is 1. The fourth-order valence-corrected chi connectivity index (χ4v) is 2.41.